The van der Waals surface area contributed by atoms with Crippen LogP contribution in [0.2, 0.25) is 0 Å². The van der Waals surface area contributed by atoms with E-state index in [9.17, 15) is 0 Å². The third kappa shape index (κ3) is 3.25. The SMILES string of the molecule is CSc1cccc(N2CC(c3ccccc3)NCC2C)c1. The molecule has 0 spiro atoms. The van der Waals surface area contributed by atoms with Crippen LogP contribution >= 0.6 is 11.8 Å². The molecule has 2 aromatic carbocycles. The summed E-state index contributed by atoms with van der Waals surface area (Å²) in [6.07, 6.45) is 2.13. The van der Waals surface area contributed by atoms with E-state index < -0.39 is 0 Å². The number of thioether (sulfide) groups is 1. The van der Waals surface area contributed by atoms with Crippen molar-refractivity contribution in [3.8, 4) is 0 Å². The molecule has 1 heterocycles. The topological polar surface area (TPSA) is 15.3 Å². The summed E-state index contributed by atoms with van der Waals surface area (Å²) in [7, 11) is 0. The first-order valence-electron chi connectivity index (χ1n) is 7.47. The third-order valence-corrected chi connectivity index (χ3v) is 4.88. The molecule has 3 heteroatoms. The molecular weight excluding hydrogens is 276 g/mol. The van der Waals surface area contributed by atoms with E-state index in [1.807, 2.05) is 0 Å². The predicted octanol–water partition coefficient (Wildman–Crippen LogP) is 3.95. The molecule has 110 valence electrons. The van der Waals surface area contributed by atoms with Crippen LogP contribution < -0.4 is 10.2 Å². The summed E-state index contributed by atoms with van der Waals surface area (Å²) in [6, 6.07) is 20.5. The molecule has 2 unspecified atom stereocenters. The monoisotopic (exact) mass is 298 g/mol. The van der Waals surface area contributed by atoms with E-state index in [1.165, 1.54) is 16.1 Å². The third-order valence-electron chi connectivity index (χ3n) is 4.16. The van der Waals surface area contributed by atoms with Crippen LogP contribution in [0.4, 0.5) is 5.69 Å². The summed E-state index contributed by atoms with van der Waals surface area (Å²) in [5, 5.41) is 3.67. The van der Waals surface area contributed by atoms with Crippen molar-refractivity contribution < 1.29 is 0 Å². The first kappa shape index (κ1) is 14.5. The van der Waals surface area contributed by atoms with Gasteiger partial charge in [0.15, 0.2) is 0 Å². The minimum Gasteiger partial charge on any atom is -0.366 e. The van der Waals surface area contributed by atoms with E-state index in [-0.39, 0.29) is 0 Å². The molecule has 1 aliphatic heterocycles. The lowest BCUT2D eigenvalue weighted by molar-refractivity contribution is 0.414. The highest BCUT2D eigenvalue weighted by atomic mass is 32.2. The summed E-state index contributed by atoms with van der Waals surface area (Å²) in [5.41, 5.74) is 2.70. The largest absolute Gasteiger partial charge is 0.366 e. The Morgan fingerprint density at radius 2 is 1.90 bits per heavy atom. The molecule has 0 amide bonds. The van der Waals surface area contributed by atoms with Gasteiger partial charge in [0.1, 0.15) is 0 Å². The van der Waals surface area contributed by atoms with E-state index >= 15 is 0 Å². The Hall–Kier alpha value is -1.45. The Balaban J connectivity index is 1.83. The minimum atomic E-state index is 0.403. The second-order valence-electron chi connectivity index (χ2n) is 5.57. The number of hydrogen-bond acceptors (Lipinski definition) is 3. The second kappa shape index (κ2) is 6.54. The van der Waals surface area contributed by atoms with Crippen LogP contribution in [0.1, 0.15) is 18.5 Å². The quantitative estimate of drug-likeness (QED) is 0.864. The smallest absolute Gasteiger partial charge is 0.0499 e. The van der Waals surface area contributed by atoms with Crippen LogP contribution in [0.5, 0.6) is 0 Å². The Kier molecular flexibility index (Phi) is 4.51. The summed E-state index contributed by atoms with van der Waals surface area (Å²) in [6.45, 7) is 4.33. The lowest BCUT2D eigenvalue weighted by atomic mass is 10.0. The molecule has 0 bridgehead atoms. The van der Waals surface area contributed by atoms with Crippen LogP contribution in [0.25, 0.3) is 0 Å². The summed E-state index contributed by atoms with van der Waals surface area (Å²) >= 11 is 1.80. The van der Waals surface area contributed by atoms with Crippen LogP contribution in [0, 0.1) is 0 Å². The lowest BCUT2D eigenvalue weighted by Crippen LogP contribution is -2.51. The molecule has 1 N–H and O–H groups in total. The van der Waals surface area contributed by atoms with Gasteiger partial charge >= 0.3 is 0 Å². The first-order chi connectivity index (χ1) is 10.3. The van der Waals surface area contributed by atoms with Gasteiger partial charge < -0.3 is 10.2 Å². The van der Waals surface area contributed by atoms with Gasteiger partial charge in [-0.15, -0.1) is 11.8 Å². The first-order valence-corrected chi connectivity index (χ1v) is 8.69. The molecule has 1 fully saturated rings. The maximum atomic E-state index is 3.67. The fourth-order valence-electron chi connectivity index (χ4n) is 2.92. The van der Waals surface area contributed by atoms with Crippen molar-refractivity contribution in [3.05, 3.63) is 60.2 Å². The van der Waals surface area contributed by atoms with Gasteiger partial charge in [-0.3, -0.25) is 0 Å². The normalized spacial score (nSPS) is 22.3. The summed E-state index contributed by atoms with van der Waals surface area (Å²) in [4.78, 5) is 3.85. The van der Waals surface area contributed by atoms with Gasteiger partial charge in [0.2, 0.25) is 0 Å². The van der Waals surface area contributed by atoms with Crippen LogP contribution in [-0.4, -0.2) is 25.4 Å². The maximum absolute atomic E-state index is 3.67. The zero-order valence-corrected chi connectivity index (χ0v) is 13.4. The van der Waals surface area contributed by atoms with Crippen molar-refractivity contribution in [1.29, 1.82) is 0 Å². The highest BCUT2D eigenvalue weighted by molar-refractivity contribution is 7.98. The standard InChI is InChI=1S/C18H22N2S/c1-14-12-19-18(15-7-4-3-5-8-15)13-20(14)16-9-6-10-17(11-16)21-2/h3-11,14,18-19H,12-13H2,1-2H3. The van der Waals surface area contributed by atoms with Gasteiger partial charge in [0.25, 0.3) is 0 Å². The van der Waals surface area contributed by atoms with Crippen molar-refractivity contribution in [3.63, 3.8) is 0 Å². The van der Waals surface area contributed by atoms with Crippen LogP contribution in [0.15, 0.2) is 59.5 Å². The van der Waals surface area contributed by atoms with E-state index in [0.717, 1.165) is 13.1 Å². The summed E-state index contributed by atoms with van der Waals surface area (Å²) in [5.74, 6) is 0. The number of rotatable bonds is 3. The number of anilines is 1. The van der Waals surface area contributed by atoms with Crippen molar-refractivity contribution in [2.24, 2.45) is 0 Å². The van der Waals surface area contributed by atoms with Crippen molar-refractivity contribution >= 4 is 17.4 Å². The van der Waals surface area contributed by atoms with Gasteiger partial charge in [-0.05, 0) is 36.9 Å². The Morgan fingerprint density at radius 1 is 1.10 bits per heavy atom. The van der Waals surface area contributed by atoms with Crippen molar-refractivity contribution in [2.45, 2.75) is 23.9 Å². The van der Waals surface area contributed by atoms with Gasteiger partial charge in [-0.2, -0.15) is 0 Å². The molecule has 0 saturated carbocycles. The molecular formula is C18H22N2S. The fraction of sp³-hybridized carbons (Fsp3) is 0.333. The number of nitrogens with zero attached hydrogens (tertiary/aromatic N) is 1. The number of piperazine rings is 1. The van der Waals surface area contributed by atoms with Crippen molar-refractivity contribution in [1.82, 2.24) is 5.32 Å². The second-order valence-corrected chi connectivity index (χ2v) is 6.45. The van der Waals surface area contributed by atoms with Crippen LogP contribution in [-0.2, 0) is 0 Å². The summed E-state index contributed by atoms with van der Waals surface area (Å²) < 4.78 is 0. The Bertz CT molecular complexity index is 585. The molecule has 21 heavy (non-hydrogen) atoms. The number of hydrogen-bond donors (Lipinski definition) is 1. The molecule has 2 aromatic rings. The lowest BCUT2D eigenvalue weighted by Gasteiger charge is -2.40. The van der Waals surface area contributed by atoms with E-state index in [1.54, 1.807) is 11.8 Å². The molecule has 0 aliphatic carbocycles. The maximum Gasteiger partial charge on any atom is 0.0499 e. The van der Waals surface area contributed by atoms with E-state index in [4.69, 9.17) is 0 Å². The average molecular weight is 298 g/mol. The van der Waals surface area contributed by atoms with E-state index in [2.05, 4.69) is 78.0 Å². The van der Waals surface area contributed by atoms with Crippen molar-refractivity contribution in [2.75, 3.05) is 24.2 Å². The fourth-order valence-corrected chi connectivity index (χ4v) is 3.38. The molecule has 1 saturated heterocycles. The molecule has 2 nitrogen and oxygen atoms in total. The number of nitrogens with one attached hydrogen (secondary N) is 1. The zero-order chi connectivity index (χ0) is 14.7. The molecule has 1 aliphatic rings. The highest BCUT2D eigenvalue weighted by Gasteiger charge is 2.26. The Morgan fingerprint density at radius 3 is 2.67 bits per heavy atom. The van der Waals surface area contributed by atoms with Crippen LogP contribution in [0.3, 0.4) is 0 Å². The number of benzene rings is 2. The minimum absolute atomic E-state index is 0.403. The molecule has 2 atom stereocenters. The predicted molar refractivity (Wildman–Crippen MR) is 92.2 cm³/mol. The highest BCUT2D eigenvalue weighted by Crippen LogP contribution is 2.28. The van der Waals surface area contributed by atoms with Gasteiger partial charge in [0.05, 0.1) is 0 Å². The van der Waals surface area contributed by atoms with Gasteiger partial charge in [0, 0.05) is 35.8 Å². The molecule has 0 aromatic heterocycles. The van der Waals surface area contributed by atoms with Gasteiger partial charge in [-0.25, -0.2) is 0 Å². The zero-order valence-electron chi connectivity index (χ0n) is 12.6. The molecule has 3 rings (SSSR count). The molecule has 0 radical (unpaired) electrons. The van der Waals surface area contributed by atoms with Gasteiger partial charge in [-0.1, -0.05) is 36.4 Å². The van der Waals surface area contributed by atoms with E-state index in [0.29, 0.717) is 12.1 Å². The average Bonchev–Trinajstić information content (AvgIpc) is 2.56. The Labute approximate surface area is 131 Å².